The first-order valence-corrected chi connectivity index (χ1v) is 6.88. The van der Waals surface area contributed by atoms with E-state index < -0.39 is 18.1 Å². The zero-order chi connectivity index (χ0) is 14.1. The number of benzene rings is 1. The highest BCUT2D eigenvalue weighted by molar-refractivity contribution is 5.81. The Balaban J connectivity index is 1.66. The highest BCUT2D eigenvalue weighted by atomic mass is 16.6. The summed E-state index contributed by atoms with van der Waals surface area (Å²) < 4.78 is 5.27. The molecule has 20 heavy (non-hydrogen) atoms. The first kappa shape index (κ1) is 13.0. The molecule has 0 radical (unpaired) electrons. The van der Waals surface area contributed by atoms with Crippen LogP contribution in [-0.4, -0.2) is 34.2 Å². The Bertz CT molecular complexity index is 516. The van der Waals surface area contributed by atoms with Gasteiger partial charge < -0.3 is 9.84 Å². The minimum Gasteiger partial charge on any atom is -0.480 e. The maximum absolute atomic E-state index is 12.2. The molecule has 3 atom stereocenters. The third kappa shape index (κ3) is 2.24. The summed E-state index contributed by atoms with van der Waals surface area (Å²) in [6.45, 7) is 0.180. The van der Waals surface area contributed by atoms with Crippen molar-refractivity contribution in [2.24, 2.45) is 5.92 Å². The Morgan fingerprint density at radius 2 is 2.00 bits per heavy atom. The van der Waals surface area contributed by atoms with Crippen molar-refractivity contribution in [3.05, 3.63) is 35.9 Å². The Labute approximate surface area is 117 Å². The molecule has 5 heteroatoms. The molecule has 0 aromatic heterocycles. The second kappa shape index (κ2) is 5.15. The largest absolute Gasteiger partial charge is 0.480 e. The highest BCUT2D eigenvalue weighted by Gasteiger charge is 2.52. The van der Waals surface area contributed by atoms with Crippen molar-refractivity contribution in [1.82, 2.24) is 4.90 Å². The molecule has 1 heterocycles. The molecule has 3 rings (SSSR count). The lowest BCUT2D eigenvalue weighted by atomic mass is 9.99. The van der Waals surface area contributed by atoms with Crippen molar-refractivity contribution >= 4 is 12.1 Å². The van der Waals surface area contributed by atoms with Crippen molar-refractivity contribution < 1.29 is 19.4 Å². The van der Waals surface area contributed by atoms with E-state index in [-0.39, 0.29) is 18.6 Å². The summed E-state index contributed by atoms with van der Waals surface area (Å²) in [5.41, 5.74) is 0.900. The van der Waals surface area contributed by atoms with Crippen LogP contribution in [-0.2, 0) is 16.1 Å². The predicted octanol–water partition coefficient (Wildman–Crippen LogP) is 2.26. The van der Waals surface area contributed by atoms with Gasteiger partial charge in [0.1, 0.15) is 12.6 Å². The van der Waals surface area contributed by atoms with E-state index in [0.717, 1.165) is 24.8 Å². The summed E-state index contributed by atoms with van der Waals surface area (Å²) in [6, 6.07) is 8.71. The Morgan fingerprint density at radius 3 is 2.70 bits per heavy atom. The van der Waals surface area contributed by atoms with Gasteiger partial charge in [-0.1, -0.05) is 30.3 Å². The van der Waals surface area contributed by atoms with Crippen molar-refractivity contribution in [3.63, 3.8) is 0 Å². The highest BCUT2D eigenvalue weighted by Crippen LogP contribution is 2.42. The van der Waals surface area contributed by atoms with Crippen LogP contribution in [0.2, 0.25) is 0 Å². The van der Waals surface area contributed by atoms with Crippen LogP contribution in [0.25, 0.3) is 0 Å². The molecule has 1 amide bonds. The number of carbonyl (C=O) groups excluding carboxylic acids is 1. The number of hydrogen-bond acceptors (Lipinski definition) is 3. The van der Waals surface area contributed by atoms with Gasteiger partial charge in [-0.15, -0.1) is 0 Å². The van der Waals surface area contributed by atoms with Crippen LogP contribution in [0.3, 0.4) is 0 Å². The van der Waals surface area contributed by atoms with Crippen LogP contribution < -0.4 is 0 Å². The number of rotatable bonds is 3. The summed E-state index contributed by atoms with van der Waals surface area (Å²) in [7, 11) is 0. The van der Waals surface area contributed by atoms with E-state index in [4.69, 9.17) is 4.74 Å². The average molecular weight is 275 g/mol. The van der Waals surface area contributed by atoms with Gasteiger partial charge in [-0.05, 0) is 30.7 Å². The monoisotopic (exact) mass is 275 g/mol. The second-order valence-corrected chi connectivity index (χ2v) is 5.46. The molecule has 2 fully saturated rings. The number of fused-ring (bicyclic) bond motifs is 2. The first-order chi connectivity index (χ1) is 9.66. The molecular weight excluding hydrogens is 258 g/mol. The number of likely N-dealkylation sites (tertiary alicyclic amines) is 1. The third-order valence-corrected chi connectivity index (χ3v) is 4.25. The standard InChI is InChI=1S/C15H17NO4/c17-14(18)13-11-6-7-12(8-11)16(13)15(19)20-9-10-4-2-1-3-5-10/h1-5,11-13H,6-9H2,(H,17,18)/t11-,12?,13-/m0/s1. The van der Waals surface area contributed by atoms with Gasteiger partial charge in [0.05, 0.1) is 0 Å². The fraction of sp³-hybridized carbons (Fsp3) is 0.467. The minimum atomic E-state index is -0.922. The Hall–Kier alpha value is -2.04. The van der Waals surface area contributed by atoms with Crippen molar-refractivity contribution in [2.45, 2.75) is 38.0 Å². The van der Waals surface area contributed by atoms with E-state index in [1.165, 1.54) is 4.90 Å². The molecule has 1 aliphatic heterocycles. The molecule has 1 N–H and O–H groups in total. The predicted molar refractivity (Wildman–Crippen MR) is 71.0 cm³/mol. The average Bonchev–Trinajstić information content (AvgIpc) is 3.06. The number of carboxylic acid groups (broad SMARTS) is 1. The molecule has 1 unspecified atom stereocenters. The van der Waals surface area contributed by atoms with Gasteiger partial charge in [0.2, 0.25) is 0 Å². The summed E-state index contributed by atoms with van der Waals surface area (Å²) in [4.78, 5) is 24.9. The maximum atomic E-state index is 12.2. The summed E-state index contributed by atoms with van der Waals surface area (Å²) >= 11 is 0. The van der Waals surface area contributed by atoms with E-state index in [0.29, 0.717) is 0 Å². The summed E-state index contributed by atoms with van der Waals surface area (Å²) in [6.07, 6.45) is 2.06. The number of ether oxygens (including phenoxy) is 1. The van der Waals surface area contributed by atoms with Crippen LogP contribution in [0.5, 0.6) is 0 Å². The Morgan fingerprint density at radius 1 is 1.25 bits per heavy atom. The zero-order valence-electron chi connectivity index (χ0n) is 11.1. The van der Waals surface area contributed by atoms with Crippen molar-refractivity contribution in [3.8, 4) is 0 Å². The lowest BCUT2D eigenvalue weighted by Crippen LogP contribution is -2.49. The smallest absolute Gasteiger partial charge is 0.411 e. The third-order valence-electron chi connectivity index (χ3n) is 4.25. The van der Waals surface area contributed by atoms with E-state index in [1.807, 2.05) is 30.3 Å². The number of nitrogens with zero attached hydrogens (tertiary/aromatic N) is 1. The number of amides is 1. The molecule has 1 aromatic carbocycles. The molecule has 2 aliphatic rings. The minimum absolute atomic E-state index is 0.0318. The number of piperidine rings is 1. The molecule has 0 spiro atoms. The van der Waals surface area contributed by atoms with E-state index in [1.54, 1.807) is 0 Å². The Kier molecular flexibility index (Phi) is 3.34. The second-order valence-electron chi connectivity index (χ2n) is 5.46. The maximum Gasteiger partial charge on any atom is 0.411 e. The fourth-order valence-electron chi connectivity index (χ4n) is 3.36. The normalized spacial score (nSPS) is 27.6. The van der Waals surface area contributed by atoms with Gasteiger partial charge in [-0.25, -0.2) is 9.59 Å². The molecular formula is C15H17NO4. The number of aliphatic carboxylic acids is 1. The van der Waals surface area contributed by atoms with Gasteiger partial charge in [-0.2, -0.15) is 0 Å². The van der Waals surface area contributed by atoms with Crippen LogP contribution in [0.1, 0.15) is 24.8 Å². The fourth-order valence-corrected chi connectivity index (χ4v) is 3.36. The van der Waals surface area contributed by atoms with Crippen LogP contribution >= 0.6 is 0 Å². The van der Waals surface area contributed by atoms with Crippen LogP contribution in [0, 0.1) is 5.92 Å². The van der Waals surface area contributed by atoms with E-state index in [2.05, 4.69) is 0 Å². The SMILES string of the molecule is O=C(O)[C@@H]1[C@H]2CCC(C2)N1C(=O)OCc1ccccc1. The lowest BCUT2D eigenvalue weighted by molar-refractivity contribution is -0.144. The summed E-state index contributed by atoms with van der Waals surface area (Å²) in [5.74, 6) is -0.837. The zero-order valence-corrected chi connectivity index (χ0v) is 11.1. The summed E-state index contributed by atoms with van der Waals surface area (Å²) in [5, 5.41) is 9.29. The molecule has 2 bridgehead atoms. The topological polar surface area (TPSA) is 66.8 Å². The van der Waals surface area contributed by atoms with Crippen molar-refractivity contribution in [2.75, 3.05) is 0 Å². The number of hydrogen-bond donors (Lipinski definition) is 1. The quantitative estimate of drug-likeness (QED) is 0.918. The van der Waals surface area contributed by atoms with Gasteiger partial charge in [0.25, 0.3) is 0 Å². The van der Waals surface area contributed by atoms with Gasteiger partial charge >= 0.3 is 12.1 Å². The molecule has 1 saturated heterocycles. The van der Waals surface area contributed by atoms with E-state index in [9.17, 15) is 14.7 Å². The molecule has 5 nitrogen and oxygen atoms in total. The first-order valence-electron chi connectivity index (χ1n) is 6.88. The molecule has 1 saturated carbocycles. The number of carbonyl (C=O) groups is 2. The molecule has 1 aliphatic carbocycles. The molecule has 1 aromatic rings. The molecule has 106 valence electrons. The lowest BCUT2D eigenvalue weighted by Gasteiger charge is -2.31. The van der Waals surface area contributed by atoms with E-state index >= 15 is 0 Å². The van der Waals surface area contributed by atoms with Gasteiger partial charge in [0, 0.05) is 6.04 Å². The number of carboxylic acids is 1. The van der Waals surface area contributed by atoms with Crippen LogP contribution in [0.15, 0.2) is 30.3 Å². The van der Waals surface area contributed by atoms with Crippen LogP contribution in [0.4, 0.5) is 4.79 Å². The van der Waals surface area contributed by atoms with Gasteiger partial charge in [-0.3, -0.25) is 4.90 Å². The van der Waals surface area contributed by atoms with Crippen molar-refractivity contribution in [1.29, 1.82) is 0 Å². The van der Waals surface area contributed by atoms with Gasteiger partial charge in [0.15, 0.2) is 0 Å².